The summed E-state index contributed by atoms with van der Waals surface area (Å²) in [6.45, 7) is 12.9. The number of hydrogen-bond acceptors (Lipinski definition) is 1. The Morgan fingerprint density at radius 3 is 2.75 bits per heavy atom. The normalized spacial score (nSPS) is 29.6. The van der Waals surface area contributed by atoms with Crippen LogP contribution in [0.5, 0.6) is 0 Å². The molecule has 1 rings (SSSR count). The average molecular weight is 220 g/mol. The fourth-order valence-electron chi connectivity index (χ4n) is 2.47. The Bertz CT molecular complexity index is 309. The van der Waals surface area contributed by atoms with Gasteiger partial charge >= 0.3 is 0 Å². The van der Waals surface area contributed by atoms with Crippen LogP contribution < -0.4 is 0 Å². The minimum atomic E-state index is 0.210. The lowest BCUT2D eigenvalue weighted by Crippen LogP contribution is -2.35. The highest BCUT2D eigenvalue weighted by atomic mass is 16.1. The SMILES string of the molecule is C=C1CC[C@H](C)C(C)(C)[C@@H]1/C=C/C(=O)CC. The van der Waals surface area contributed by atoms with Gasteiger partial charge in [-0.05, 0) is 30.3 Å². The lowest BCUT2D eigenvalue weighted by Gasteiger charge is -2.44. The first-order chi connectivity index (χ1) is 7.39. The topological polar surface area (TPSA) is 17.1 Å². The largest absolute Gasteiger partial charge is 0.295 e. The van der Waals surface area contributed by atoms with Crippen LogP contribution in [0, 0.1) is 17.3 Å². The molecule has 1 aliphatic rings. The van der Waals surface area contributed by atoms with E-state index in [4.69, 9.17) is 0 Å². The van der Waals surface area contributed by atoms with E-state index in [1.807, 2.05) is 6.92 Å². The average Bonchev–Trinajstić information content (AvgIpc) is 2.23. The molecule has 0 saturated heterocycles. The highest BCUT2D eigenvalue weighted by Crippen LogP contribution is 2.47. The van der Waals surface area contributed by atoms with Crippen LogP contribution in [-0.2, 0) is 4.79 Å². The van der Waals surface area contributed by atoms with Crippen molar-refractivity contribution in [1.29, 1.82) is 0 Å². The third-order valence-electron chi connectivity index (χ3n) is 4.23. The minimum Gasteiger partial charge on any atom is -0.295 e. The predicted octanol–water partition coefficient (Wildman–Crippen LogP) is 4.15. The molecule has 1 heteroatoms. The standard InChI is InChI=1S/C15H24O/c1-6-13(16)9-10-14-11(2)7-8-12(3)15(14,4)5/h9-10,12,14H,2,6-8H2,1,3-5H3/b10-9+/t12-,14+/m0/s1. The first kappa shape index (κ1) is 13.2. The van der Waals surface area contributed by atoms with Gasteiger partial charge in [0.05, 0.1) is 0 Å². The molecular weight excluding hydrogens is 196 g/mol. The van der Waals surface area contributed by atoms with Crippen LogP contribution in [0.1, 0.15) is 47.0 Å². The van der Waals surface area contributed by atoms with Crippen molar-refractivity contribution < 1.29 is 4.79 Å². The summed E-state index contributed by atoms with van der Waals surface area (Å²) in [5.74, 6) is 1.25. The molecule has 0 N–H and O–H groups in total. The Kier molecular flexibility index (Phi) is 4.12. The summed E-state index contributed by atoms with van der Waals surface area (Å²) in [5, 5.41) is 0. The van der Waals surface area contributed by atoms with E-state index in [2.05, 4.69) is 33.4 Å². The Balaban J connectivity index is 2.86. The Hall–Kier alpha value is -0.850. The smallest absolute Gasteiger partial charge is 0.155 e. The van der Waals surface area contributed by atoms with E-state index in [0.717, 1.165) is 6.42 Å². The zero-order valence-corrected chi connectivity index (χ0v) is 11.0. The second kappa shape index (κ2) is 4.99. The van der Waals surface area contributed by atoms with Crippen molar-refractivity contribution in [3.05, 3.63) is 24.3 Å². The number of carbonyl (C=O) groups is 1. The van der Waals surface area contributed by atoms with Crippen molar-refractivity contribution in [3.63, 3.8) is 0 Å². The van der Waals surface area contributed by atoms with Crippen LogP contribution in [0.4, 0.5) is 0 Å². The van der Waals surface area contributed by atoms with E-state index in [9.17, 15) is 4.79 Å². The molecule has 0 heterocycles. The summed E-state index contributed by atoms with van der Waals surface area (Å²) in [6.07, 6.45) is 6.73. The minimum absolute atomic E-state index is 0.210. The molecule has 1 nitrogen and oxygen atoms in total. The van der Waals surface area contributed by atoms with E-state index in [1.54, 1.807) is 6.08 Å². The monoisotopic (exact) mass is 220 g/mol. The molecule has 1 aliphatic carbocycles. The predicted molar refractivity (Wildman–Crippen MR) is 69.2 cm³/mol. The molecule has 90 valence electrons. The number of ketones is 1. The third-order valence-corrected chi connectivity index (χ3v) is 4.23. The van der Waals surface area contributed by atoms with E-state index in [-0.39, 0.29) is 11.2 Å². The summed E-state index contributed by atoms with van der Waals surface area (Å²) in [7, 11) is 0. The summed E-state index contributed by atoms with van der Waals surface area (Å²) in [4.78, 5) is 11.3. The molecule has 0 radical (unpaired) electrons. The van der Waals surface area contributed by atoms with E-state index in [0.29, 0.717) is 18.3 Å². The Morgan fingerprint density at radius 2 is 2.19 bits per heavy atom. The number of rotatable bonds is 3. The molecule has 0 spiro atoms. The molecule has 0 bridgehead atoms. The van der Waals surface area contributed by atoms with Crippen molar-refractivity contribution in [1.82, 2.24) is 0 Å². The highest BCUT2D eigenvalue weighted by molar-refractivity contribution is 5.89. The second-order valence-corrected chi connectivity index (χ2v) is 5.58. The van der Waals surface area contributed by atoms with Crippen molar-refractivity contribution in [2.75, 3.05) is 0 Å². The van der Waals surface area contributed by atoms with Crippen LogP contribution >= 0.6 is 0 Å². The number of carbonyl (C=O) groups excluding carboxylic acids is 1. The maximum atomic E-state index is 11.3. The Morgan fingerprint density at radius 1 is 1.56 bits per heavy atom. The van der Waals surface area contributed by atoms with Gasteiger partial charge in [0.15, 0.2) is 5.78 Å². The highest BCUT2D eigenvalue weighted by Gasteiger charge is 2.38. The lowest BCUT2D eigenvalue weighted by molar-refractivity contribution is -0.114. The van der Waals surface area contributed by atoms with Crippen LogP contribution in [0.15, 0.2) is 24.3 Å². The van der Waals surface area contributed by atoms with Gasteiger partial charge in [-0.15, -0.1) is 0 Å². The Labute approximate surface area is 99.6 Å². The zero-order chi connectivity index (χ0) is 12.3. The molecule has 0 aromatic rings. The molecule has 0 aromatic heterocycles. The fraction of sp³-hybridized carbons (Fsp3) is 0.667. The van der Waals surface area contributed by atoms with Gasteiger partial charge in [-0.2, -0.15) is 0 Å². The lowest BCUT2D eigenvalue weighted by atomic mass is 9.61. The summed E-state index contributed by atoms with van der Waals surface area (Å²) < 4.78 is 0. The van der Waals surface area contributed by atoms with Gasteiger partial charge in [-0.3, -0.25) is 4.79 Å². The van der Waals surface area contributed by atoms with Crippen LogP contribution in [0.2, 0.25) is 0 Å². The maximum absolute atomic E-state index is 11.3. The van der Waals surface area contributed by atoms with E-state index < -0.39 is 0 Å². The fourth-order valence-corrected chi connectivity index (χ4v) is 2.47. The molecule has 0 aliphatic heterocycles. The van der Waals surface area contributed by atoms with Gasteiger partial charge < -0.3 is 0 Å². The van der Waals surface area contributed by atoms with Gasteiger partial charge in [0.25, 0.3) is 0 Å². The van der Waals surface area contributed by atoms with Crippen molar-refractivity contribution in [2.45, 2.75) is 47.0 Å². The van der Waals surface area contributed by atoms with Gasteiger partial charge in [0.2, 0.25) is 0 Å². The second-order valence-electron chi connectivity index (χ2n) is 5.58. The van der Waals surface area contributed by atoms with Crippen molar-refractivity contribution >= 4 is 5.78 Å². The van der Waals surface area contributed by atoms with Gasteiger partial charge in [0, 0.05) is 12.3 Å². The quantitative estimate of drug-likeness (QED) is 0.516. The molecule has 2 atom stereocenters. The van der Waals surface area contributed by atoms with Crippen LogP contribution in [0.25, 0.3) is 0 Å². The van der Waals surface area contributed by atoms with E-state index in [1.165, 1.54) is 12.0 Å². The van der Waals surface area contributed by atoms with Crippen molar-refractivity contribution in [3.8, 4) is 0 Å². The molecule has 0 aromatic carbocycles. The molecule has 0 amide bonds. The van der Waals surface area contributed by atoms with Crippen LogP contribution in [0.3, 0.4) is 0 Å². The first-order valence-corrected chi connectivity index (χ1v) is 6.28. The first-order valence-electron chi connectivity index (χ1n) is 6.28. The number of hydrogen-bond donors (Lipinski definition) is 0. The molecule has 16 heavy (non-hydrogen) atoms. The van der Waals surface area contributed by atoms with Gasteiger partial charge in [0.1, 0.15) is 0 Å². The van der Waals surface area contributed by atoms with Gasteiger partial charge in [-0.25, -0.2) is 0 Å². The molecule has 0 unspecified atom stereocenters. The molecule has 1 saturated carbocycles. The summed E-state index contributed by atoms with van der Waals surface area (Å²) >= 11 is 0. The third kappa shape index (κ3) is 2.63. The molecule has 1 fully saturated rings. The number of allylic oxidation sites excluding steroid dienone is 3. The zero-order valence-electron chi connectivity index (χ0n) is 11.0. The van der Waals surface area contributed by atoms with Gasteiger partial charge in [-0.1, -0.05) is 45.9 Å². The summed E-state index contributed by atoms with van der Waals surface area (Å²) in [5.41, 5.74) is 1.50. The maximum Gasteiger partial charge on any atom is 0.155 e. The summed E-state index contributed by atoms with van der Waals surface area (Å²) in [6, 6.07) is 0. The molecular formula is C15H24O. The van der Waals surface area contributed by atoms with E-state index >= 15 is 0 Å². The van der Waals surface area contributed by atoms with Crippen molar-refractivity contribution in [2.24, 2.45) is 17.3 Å². The van der Waals surface area contributed by atoms with Crippen LogP contribution in [-0.4, -0.2) is 5.78 Å².